The molecule has 0 aliphatic carbocycles. The van der Waals surface area contributed by atoms with E-state index in [9.17, 15) is 9.59 Å². The van der Waals surface area contributed by atoms with Crippen LogP contribution in [0.5, 0.6) is 5.75 Å². The lowest BCUT2D eigenvalue weighted by atomic mass is 10.2. The van der Waals surface area contributed by atoms with E-state index < -0.39 is 0 Å². The maximum absolute atomic E-state index is 12.5. The van der Waals surface area contributed by atoms with Gasteiger partial charge in [-0.15, -0.1) is 0 Å². The first-order valence-electron chi connectivity index (χ1n) is 8.79. The Bertz CT molecular complexity index is 926. The highest BCUT2D eigenvalue weighted by molar-refractivity contribution is 8.26. The zero-order chi connectivity index (χ0) is 20.1. The van der Waals surface area contributed by atoms with Crippen LogP contribution in [0.2, 0.25) is 0 Å². The summed E-state index contributed by atoms with van der Waals surface area (Å²) in [5.41, 5.74) is 1.53. The van der Waals surface area contributed by atoms with Crippen molar-refractivity contribution in [2.45, 2.75) is 19.9 Å². The number of thioether (sulfide) groups is 1. The van der Waals surface area contributed by atoms with Gasteiger partial charge in [0.2, 0.25) is 0 Å². The first kappa shape index (κ1) is 20.1. The number of benzene rings is 2. The van der Waals surface area contributed by atoms with Crippen LogP contribution in [-0.2, 0) is 9.59 Å². The van der Waals surface area contributed by atoms with Gasteiger partial charge in [-0.1, -0.05) is 54.3 Å². The first-order valence-corrected chi connectivity index (χ1v) is 10.0. The van der Waals surface area contributed by atoms with Gasteiger partial charge in [-0.3, -0.25) is 14.5 Å². The van der Waals surface area contributed by atoms with Gasteiger partial charge in [-0.2, -0.15) is 0 Å². The molecule has 144 valence electrons. The van der Waals surface area contributed by atoms with E-state index in [0.29, 0.717) is 15.0 Å². The maximum Gasteiger partial charge on any atom is 0.266 e. The third-order valence-corrected chi connectivity index (χ3v) is 5.25. The average molecular weight is 413 g/mol. The molecule has 2 amide bonds. The molecule has 28 heavy (non-hydrogen) atoms. The molecule has 7 heteroatoms. The number of carbonyl (C=O) groups is 2. The summed E-state index contributed by atoms with van der Waals surface area (Å²) >= 11 is 6.59. The SMILES string of the molecule is CC(C)N1C(=O)/C(=C/c2cccc(OCC(=O)Nc3ccccc3)c2)SC1=S. The number of rotatable bonds is 6. The summed E-state index contributed by atoms with van der Waals surface area (Å²) in [7, 11) is 0. The fraction of sp³-hybridized carbons (Fsp3) is 0.190. The molecule has 1 aliphatic heterocycles. The van der Waals surface area contributed by atoms with Gasteiger partial charge in [0.15, 0.2) is 6.61 Å². The molecule has 1 fully saturated rings. The predicted octanol–water partition coefficient (Wildman–Crippen LogP) is 4.31. The molecule has 0 unspecified atom stereocenters. The number of nitrogens with one attached hydrogen (secondary N) is 1. The molecule has 1 aliphatic rings. The van der Waals surface area contributed by atoms with E-state index in [1.165, 1.54) is 11.8 Å². The highest BCUT2D eigenvalue weighted by Crippen LogP contribution is 2.34. The monoisotopic (exact) mass is 412 g/mol. The lowest BCUT2D eigenvalue weighted by Crippen LogP contribution is -2.34. The van der Waals surface area contributed by atoms with Gasteiger partial charge in [0.05, 0.1) is 4.91 Å². The van der Waals surface area contributed by atoms with E-state index in [1.54, 1.807) is 23.1 Å². The molecule has 2 aromatic carbocycles. The summed E-state index contributed by atoms with van der Waals surface area (Å²) in [4.78, 5) is 26.7. The Hall–Kier alpha value is -2.64. The summed E-state index contributed by atoms with van der Waals surface area (Å²) < 4.78 is 6.15. The van der Waals surface area contributed by atoms with Gasteiger partial charge in [0.1, 0.15) is 10.1 Å². The molecule has 3 rings (SSSR count). The van der Waals surface area contributed by atoms with Crippen LogP contribution in [0, 0.1) is 0 Å². The third-order valence-electron chi connectivity index (χ3n) is 3.92. The van der Waals surface area contributed by atoms with Crippen molar-refractivity contribution >= 4 is 51.9 Å². The number of nitrogens with zero attached hydrogens (tertiary/aromatic N) is 1. The molecule has 0 aromatic heterocycles. The van der Waals surface area contributed by atoms with Crippen molar-refractivity contribution in [3.63, 3.8) is 0 Å². The fourth-order valence-electron chi connectivity index (χ4n) is 2.64. The van der Waals surface area contributed by atoms with E-state index in [4.69, 9.17) is 17.0 Å². The average Bonchev–Trinajstić information content (AvgIpc) is 2.94. The number of ether oxygens (including phenoxy) is 1. The quantitative estimate of drug-likeness (QED) is 0.566. The van der Waals surface area contributed by atoms with Gasteiger partial charge < -0.3 is 10.1 Å². The molecule has 0 atom stereocenters. The molecule has 1 N–H and O–H groups in total. The number of thiocarbonyl (C=S) groups is 1. The second-order valence-corrected chi connectivity index (χ2v) is 8.10. The number of para-hydroxylation sites is 1. The van der Waals surface area contributed by atoms with E-state index >= 15 is 0 Å². The highest BCUT2D eigenvalue weighted by atomic mass is 32.2. The summed E-state index contributed by atoms with van der Waals surface area (Å²) in [6, 6.07) is 16.5. The van der Waals surface area contributed by atoms with E-state index in [1.807, 2.05) is 56.3 Å². The number of amides is 2. The molecule has 1 saturated heterocycles. The van der Waals surface area contributed by atoms with Crippen LogP contribution in [0.15, 0.2) is 59.5 Å². The summed E-state index contributed by atoms with van der Waals surface area (Å²) in [5.74, 6) is 0.226. The Balaban J connectivity index is 1.64. The van der Waals surface area contributed by atoms with Crippen molar-refractivity contribution in [1.82, 2.24) is 4.90 Å². The van der Waals surface area contributed by atoms with Gasteiger partial charge in [0.25, 0.3) is 11.8 Å². The van der Waals surface area contributed by atoms with Crippen LogP contribution >= 0.6 is 24.0 Å². The zero-order valence-electron chi connectivity index (χ0n) is 15.5. The van der Waals surface area contributed by atoms with Crippen molar-refractivity contribution in [3.8, 4) is 5.75 Å². The van der Waals surface area contributed by atoms with Crippen LogP contribution in [0.3, 0.4) is 0 Å². The minimum Gasteiger partial charge on any atom is -0.484 e. The van der Waals surface area contributed by atoms with Crippen LogP contribution in [-0.4, -0.2) is 33.7 Å². The van der Waals surface area contributed by atoms with E-state index in [-0.39, 0.29) is 24.5 Å². The van der Waals surface area contributed by atoms with Gasteiger partial charge >= 0.3 is 0 Å². The minimum atomic E-state index is -0.241. The Labute approximate surface area is 173 Å². The molecule has 5 nitrogen and oxygen atoms in total. The van der Waals surface area contributed by atoms with E-state index in [2.05, 4.69) is 5.32 Å². The second kappa shape index (κ2) is 9.03. The van der Waals surface area contributed by atoms with Crippen molar-refractivity contribution in [1.29, 1.82) is 0 Å². The summed E-state index contributed by atoms with van der Waals surface area (Å²) in [6.07, 6.45) is 1.79. The Morgan fingerprint density at radius 3 is 2.64 bits per heavy atom. The first-order chi connectivity index (χ1) is 13.4. The number of hydrogen-bond acceptors (Lipinski definition) is 5. The normalized spacial score (nSPS) is 15.4. The van der Waals surface area contributed by atoms with Crippen molar-refractivity contribution < 1.29 is 14.3 Å². The maximum atomic E-state index is 12.5. The highest BCUT2D eigenvalue weighted by Gasteiger charge is 2.33. The lowest BCUT2D eigenvalue weighted by Gasteiger charge is -2.18. The Morgan fingerprint density at radius 1 is 1.21 bits per heavy atom. The molecule has 0 saturated carbocycles. The number of anilines is 1. The Kier molecular flexibility index (Phi) is 6.49. The number of carbonyl (C=O) groups excluding carboxylic acids is 2. The second-order valence-electron chi connectivity index (χ2n) is 6.42. The third kappa shape index (κ3) is 4.99. The van der Waals surface area contributed by atoms with Crippen molar-refractivity contribution in [2.24, 2.45) is 0 Å². The van der Waals surface area contributed by atoms with Crippen molar-refractivity contribution in [3.05, 3.63) is 65.1 Å². The molecular weight excluding hydrogens is 392 g/mol. The van der Waals surface area contributed by atoms with Crippen LogP contribution < -0.4 is 10.1 Å². The van der Waals surface area contributed by atoms with Crippen LogP contribution in [0.1, 0.15) is 19.4 Å². The predicted molar refractivity (Wildman–Crippen MR) is 117 cm³/mol. The molecule has 0 bridgehead atoms. The topological polar surface area (TPSA) is 58.6 Å². The molecule has 2 aromatic rings. The Morgan fingerprint density at radius 2 is 1.96 bits per heavy atom. The number of hydrogen-bond donors (Lipinski definition) is 1. The molecule has 0 radical (unpaired) electrons. The van der Waals surface area contributed by atoms with Crippen molar-refractivity contribution in [2.75, 3.05) is 11.9 Å². The largest absolute Gasteiger partial charge is 0.484 e. The fourth-order valence-corrected chi connectivity index (χ4v) is 4.16. The lowest BCUT2D eigenvalue weighted by molar-refractivity contribution is -0.123. The minimum absolute atomic E-state index is 0.0243. The van der Waals surface area contributed by atoms with Crippen LogP contribution in [0.25, 0.3) is 6.08 Å². The standard InChI is InChI=1S/C21H20N2O3S2/c1-14(2)23-20(25)18(28-21(23)27)12-15-7-6-10-17(11-15)26-13-19(24)22-16-8-4-3-5-9-16/h3-12,14H,13H2,1-2H3,(H,22,24)/b18-12-. The van der Waals surface area contributed by atoms with Gasteiger partial charge in [-0.25, -0.2) is 0 Å². The summed E-state index contributed by atoms with van der Waals surface area (Å²) in [5, 5.41) is 2.77. The molecular formula is C21H20N2O3S2. The smallest absolute Gasteiger partial charge is 0.266 e. The zero-order valence-corrected chi connectivity index (χ0v) is 17.2. The van der Waals surface area contributed by atoms with Gasteiger partial charge in [0, 0.05) is 11.7 Å². The molecule has 0 spiro atoms. The van der Waals surface area contributed by atoms with E-state index in [0.717, 1.165) is 11.3 Å². The van der Waals surface area contributed by atoms with Gasteiger partial charge in [-0.05, 0) is 49.8 Å². The summed E-state index contributed by atoms with van der Waals surface area (Å²) in [6.45, 7) is 3.76. The van der Waals surface area contributed by atoms with Crippen LogP contribution in [0.4, 0.5) is 5.69 Å². The molecule has 1 heterocycles.